The predicted molar refractivity (Wildman–Crippen MR) is 108 cm³/mol. The first-order valence-electron chi connectivity index (χ1n) is 7.81. The number of hydrazine groups is 1. The third kappa shape index (κ3) is 4.09. The molecule has 6 nitrogen and oxygen atoms in total. The van der Waals surface area contributed by atoms with E-state index in [0.717, 1.165) is 0 Å². The van der Waals surface area contributed by atoms with Gasteiger partial charge in [-0.2, -0.15) is 0 Å². The molecule has 2 aromatic carbocycles. The predicted octanol–water partition coefficient (Wildman–Crippen LogP) is 2.45. The van der Waals surface area contributed by atoms with E-state index in [-0.39, 0.29) is 17.2 Å². The highest BCUT2D eigenvalue weighted by Gasteiger charge is 2.14. The van der Waals surface area contributed by atoms with Gasteiger partial charge in [-0.15, -0.1) is 0 Å². The van der Waals surface area contributed by atoms with Crippen LogP contribution in [0.15, 0.2) is 64.5 Å². The zero-order chi connectivity index (χ0) is 18.5. The smallest absolute Gasteiger partial charge is 0.266 e. The molecule has 2 N–H and O–H groups in total. The van der Waals surface area contributed by atoms with Crippen LogP contribution in [0.1, 0.15) is 6.92 Å². The van der Waals surface area contributed by atoms with Crippen LogP contribution >= 0.6 is 24.0 Å². The van der Waals surface area contributed by atoms with Crippen LogP contribution in [0.2, 0.25) is 0 Å². The summed E-state index contributed by atoms with van der Waals surface area (Å²) in [5.74, 6) is -0.172. The van der Waals surface area contributed by atoms with E-state index in [1.807, 2.05) is 36.4 Å². The minimum Gasteiger partial charge on any atom is -0.292 e. The Morgan fingerprint density at radius 1 is 1.12 bits per heavy atom. The number of rotatable bonds is 4. The summed E-state index contributed by atoms with van der Waals surface area (Å²) >= 11 is 6.04. The van der Waals surface area contributed by atoms with E-state index in [0.29, 0.717) is 26.7 Å². The fourth-order valence-electron chi connectivity index (χ4n) is 2.34. The molecule has 0 unspecified atom stereocenters. The summed E-state index contributed by atoms with van der Waals surface area (Å²) in [6.07, 6.45) is 0. The number of fused-ring (bicyclic) bond motifs is 1. The number of benzene rings is 2. The van der Waals surface area contributed by atoms with Crippen LogP contribution in [0.25, 0.3) is 16.6 Å². The van der Waals surface area contributed by atoms with Crippen molar-refractivity contribution in [1.29, 1.82) is 0 Å². The van der Waals surface area contributed by atoms with Gasteiger partial charge in [-0.1, -0.05) is 54.3 Å². The Kier molecular flexibility index (Phi) is 5.65. The Hall–Kier alpha value is -2.71. The van der Waals surface area contributed by atoms with Crippen molar-refractivity contribution < 1.29 is 4.79 Å². The molecular formula is C18H16N4O2S2. The molecule has 0 saturated heterocycles. The molecule has 0 fully saturated rings. The van der Waals surface area contributed by atoms with E-state index in [4.69, 9.17) is 12.2 Å². The van der Waals surface area contributed by atoms with Gasteiger partial charge in [-0.25, -0.2) is 4.98 Å². The van der Waals surface area contributed by atoms with Crippen molar-refractivity contribution in [2.75, 3.05) is 5.75 Å². The summed E-state index contributed by atoms with van der Waals surface area (Å²) in [6, 6.07) is 16.4. The number of para-hydroxylation sites is 2. The van der Waals surface area contributed by atoms with Crippen molar-refractivity contribution in [3.8, 4) is 5.69 Å². The van der Waals surface area contributed by atoms with Crippen LogP contribution in [0.4, 0.5) is 0 Å². The van der Waals surface area contributed by atoms with Gasteiger partial charge >= 0.3 is 0 Å². The molecule has 1 aromatic heterocycles. The number of hydrogen-bond acceptors (Lipinski definition) is 5. The third-order valence-corrected chi connectivity index (χ3v) is 4.51. The monoisotopic (exact) mass is 384 g/mol. The van der Waals surface area contributed by atoms with Gasteiger partial charge in [0.05, 0.1) is 27.3 Å². The first-order chi connectivity index (χ1) is 12.6. The Morgan fingerprint density at radius 3 is 2.54 bits per heavy atom. The van der Waals surface area contributed by atoms with Gasteiger partial charge in [0.15, 0.2) is 5.16 Å². The molecule has 0 aliphatic rings. The highest BCUT2D eigenvalue weighted by Crippen LogP contribution is 2.21. The molecule has 3 aromatic rings. The highest BCUT2D eigenvalue weighted by molar-refractivity contribution is 7.99. The molecule has 3 rings (SSSR count). The highest BCUT2D eigenvalue weighted by atomic mass is 32.2. The van der Waals surface area contributed by atoms with Crippen molar-refractivity contribution in [3.05, 3.63) is 65.0 Å². The molecule has 0 radical (unpaired) electrons. The average Bonchev–Trinajstić information content (AvgIpc) is 2.65. The lowest BCUT2D eigenvalue weighted by molar-refractivity contribution is -0.119. The zero-order valence-electron chi connectivity index (χ0n) is 13.9. The second-order valence-electron chi connectivity index (χ2n) is 5.41. The standard InChI is InChI=1S/C18H16N4O2S2/c1-12(25)20-21-16(23)11-26-18-19-15-10-6-5-9-14(15)17(24)22(18)13-7-3-2-4-8-13/h2-10H,11H2,1H3,(H,20,25)(H,21,23). The summed E-state index contributed by atoms with van der Waals surface area (Å²) in [7, 11) is 0. The van der Waals surface area contributed by atoms with Crippen LogP contribution < -0.4 is 16.4 Å². The molecule has 0 saturated carbocycles. The first-order valence-corrected chi connectivity index (χ1v) is 9.21. The van der Waals surface area contributed by atoms with Crippen molar-refractivity contribution >= 4 is 45.8 Å². The van der Waals surface area contributed by atoms with E-state index in [2.05, 4.69) is 15.8 Å². The van der Waals surface area contributed by atoms with Crippen LogP contribution in [0.3, 0.4) is 0 Å². The quantitative estimate of drug-likeness (QED) is 0.311. The molecule has 1 heterocycles. The molecule has 1 amide bonds. The number of hydrogen-bond donors (Lipinski definition) is 2. The van der Waals surface area contributed by atoms with Crippen molar-refractivity contribution in [2.45, 2.75) is 12.1 Å². The van der Waals surface area contributed by atoms with Crippen molar-refractivity contribution in [2.24, 2.45) is 0 Å². The first kappa shape index (κ1) is 18.1. The van der Waals surface area contributed by atoms with Crippen LogP contribution in [-0.4, -0.2) is 26.2 Å². The molecule has 0 spiro atoms. The third-order valence-electron chi connectivity index (χ3n) is 3.47. The maximum absolute atomic E-state index is 13.0. The van der Waals surface area contributed by atoms with Crippen LogP contribution in [0, 0.1) is 0 Å². The number of thioether (sulfide) groups is 1. The van der Waals surface area contributed by atoms with E-state index in [1.54, 1.807) is 25.1 Å². The minimum atomic E-state index is -0.263. The topological polar surface area (TPSA) is 76.0 Å². The number of nitrogens with one attached hydrogen (secondary N) is 2. The molecular weight excluding hydrogens is 368 g/mol. The van der Waals surface area contributed by atoms with Crippen molar-refractivity contribution in [1.82, 2.24) is 20.4 Å². The van der Waals surface area contributed by atoms with Gasteiger partial charge in [0, 0.05) is 0 Å². The number of carbonyl (C=O) groups is 1. The summed E-state index contributed by atoms with van der Waals surface area (Å²) in [5.41, 5.74) is 6.22. The number of aromatic nitrogens is 2. The molecule has 0 aliphatic carbocycles. The average molecular weight is 384 g/mol. The van der Waals surface area contributed by atoms with Crippen LogP contribution in [0.5, 0.6) is 0 Å². The van der Waals surface area contributed by atoms with Gasteiger partial charge < -0.3 is 0 Å². The van der Waals surface area contributed by atoms with Crippen LogP contribution in [-0.2, 0) is 4.79 Å². The maximum Gasteiger partial charge on any atom is 0.266 e. The number of nitrogens with zero attached hydrogens (tertiary/aromatic N) is 2. The molecule has 0 atom stereocenters. The van der Waals surface area contributed by atoms with E-state index >= 15 is 0 Å². The Balaban J connectivity index is 1.99. The molecule has 8 heteroatoms. The number of thiocarbonyl (C=S) groups is 1. The lowest BCUT2D eigenvalue weighted by Crippen LogP contribution is -2.40. The fourth-order valence-corrected chi connectivity index (χ4v) is 3.20. The van der Waals surface area contributed by atoms with E-state index < -0.39 is 0 Å². The van der Waals surface area contributed by atoms with E-state index in [1.165, 1.54) is 16.3 Å². The second-order valence-corrected chi connectivity index (χ2v) is 6.96. The van der Waals surface area contributed by atoms with Crippen molar-refractivity contribution in [3.63, 3.8) is 0 Å². The Bertz CT molecular complexity index is 1020. The van der Waals surface area contributed by atoms with Gasteiger partial charge in [0.2, 0.25) is 5.91 Å². The maximum atomic E-state index is 13.0. The fraction of sp³-hybridized carbons (Fsp3) is 0.111. The van der Waals surface area contributed by atoms with Gasteiger partial charge in [0.1, 0.15) is 0 Å². The largest absolute Gasteiger partial charge is 0.292 e. The zero-order valence-corrected chi connectivity index (χ0v) is 15.6. The minimum absolute atomic E-state index is 0.0905. The second kappa shape index (κ2) is 8.11. The summed E-state index contributed by atoms with van der Waals surface area (Å²) in [5, 5.41) is 0.984. The SMILES string of the molecule is CC(=S)NNC(=O)CSc1nc2ccccc2c(=O)n1-c1ccccc1. The van der Waals surface area contributed by atoms with E-state index in [9.17, 15) is 9.59 Å². The normalized spacial score (nSPS) is 10.5. The van der Waals surface area contributed by atoms with Gasteiger partial charge in [-0.3, -0.25) is 25.0 Å². The summed E-state index contributed by atoms with van der Waals surface area (Å²) in [6.45, 7) is 1.67. The molecule has 0 aliphatic heterocycles. The lowest BCUT2D eigenvalue weighted by Gasteiger charge is -2.13. The van der Waals surface area contributed by atoms with Gasteiger partial charge in [-0.05, 0) is 31.2 Å². The Labute approximate surface area is 159 Å². The van der Waals surface area contributed by atoms with Gasteiger partial charge in [0.25, 0.3) is 5.56 Å². The summed E-state index contributed by atoms with van der Waals surface area (Å²) < 4.78 is 1.53. The molecule has 132 valence electrons. The lowest BCUT2D eigenvalue weighted by atomic mass is 10.2. The number of amides is 1. The number of carbonyl (C=O) groups excluding carboxylic acids is 1. The molecule has 0 bridgehead atoms. The summed E-state index contributed by atoms with van der Waals surface area (Å²) in [4.78, 5) is 30.0. The Morgan fingerprint density at radius 2 is 1.81 bits per heavy atom. The molecule has 26 heavy (non-hydrogen) atoms.